The fourth-order valence-corrected chi connectivity index (χ4v) is 6.95. The largest absolute Gasteiger partial charge is 0.493 e. The van der Waals surface area contributed by atoms with E-state index in [1.165, 1.54) is 44.4 Å². The molecule has 0 spiro atoms. The summed E-state index contributed by atoms with van der Waals surface area (Å²) in [6, 6.07) is 12.3. The van der Waals surface area contributed by atoms with Gasteiger partial charge in [-0.2, -0.15) is 0 Å². The standard InChI is InChI=1S/C30H34N2O6S2/c1-5-24(28(34)32-29-26(30(35)38-4)21-12-7-6-8-13-25(21)40-29)39-20-11-9-10-19(17-20)31-27(33)18-14-15-22(36-2)23(16-18)37-3/h9-11,14-17,24H,5-8,12-13H2,1-4H3,(H,31,33)(H,32,34). The fourth-order valence-electron chi connectivity index (χ4n) is 4.66. The lowest BCUT2D eigenvalue weighted by Gasteiger charge is -2.16. The maximum absolute atomic E-state index is 13.4. The SMILES string of the molecule is CCC(Sc1cccc(NC(=O)c2ccc(OC)c(OC)c2)c1)C(=O)Nc1sc2c(c1C(=O)OC)CCCCC2. The van der Waals surface area contributed by atoms with Crippen molar-refractivity contribution in [3.8, 4) is 11.5 Å². The second kappa shape index (κ2) is 13.7. The quantitative estimate of drug-likeness (QED) is 0.158. The van der Waals surface area contributed by atoms with Crippen LogP contribution in [0.3, 0.4) is 0 Å². The number of rotatable bonds is 10. The molecule has 8 nitrogen and oxygen atoms in total. The van der Waals surface area contributed by atoms with Gasteiger partial charge in [-0.15, -0.1) is 23.1 Å². The fraction of sp³-hybridized carbons (Fsp3) is 0.367. The summed E-state index contributed by atoms with van der Waals surface area (Å²) in [5, 5.41) is 6.11. The van der Waals surface area contributed by atoms with Gasteiger partial charge in [0.1, 0.15) is 5.00 Å². The highest BCUT2D eigenvalue weighted by atomic mass is 32.2. The van der Waals surface area contributed by atoms with Gasteiger partial charge in [0.25, 0.3) is 5.91 Å². The van der Waals surface area contributed by atoms with Crippen molar-refractivity contribution in [3.63, 3.8) is 0 Å². The van der Waals surface area contributed by atoms with E-state index in [1.807, 2.05) is 25.1 Å². The Hall–Kier alpha value is -3.50. The highest BCUT2D eigenvalue weighted by molar-refractivity contribution is 8.00. The molecule has 1 unspecified atom stereocenters. The van der Waals surface area contributed by atoms with Crippen LogP contribution in [-0.4, -0.2) is 44.4 Å². The molecule has 3 aromatic rings. The number of aryl methyl sites for hydroxylation is 1. The molecule has 0 radical (unpaired) electrons. The third kappa shape index (κ3) is 6.79. The van der Waals surface area contributed by atoms with Gasteiger partial charge < -0.3 is 24.8 Å². The predicted octanol–water partition coefficient (Wildman–Crippen LogP) is 6.58. The Bertz CT molecular complexity index is 1390. The second-order valence-corrected chi connectivity index (χ2v) is 11.7. The van der Waals surface area contributed by atoms with Crippen LogP contribution < -0.4 is 20.1 Å². The predicted molar refractivity (Wildman–Crippen MR) is 159 cm³/mol. The van der Waals surface area contributed by atoms with E-state index >= 15 is 0 Å². The van der Waals surface area contributed by atoms with Crippen molar-refractivity contribution in [2.24, 2.45) is 0 Å². The topological polar surface area (TPSA) is 103 Å². The molecular formula is C30H34N2O6S2. The van der Waals surface area contributed by atoms with Gasteiger partial charge in [0.2, 0.25) is 5.91 Å². The zero-order valence-electron chi connectivity index (χ0n) is 23.1. The van der Waals surface area contributed by atoms with Crippen LogP contribution in [0.25, 0.3) is 0 Å². The Kier molecular flexibility index (Phi) is 10.1. The van der Waals surface area contributed by atoms with Crippen LogP contribution in [0.2, 0.25) is 0 Å². The number of anilines is 2. The molecule has 40 heavy (non-hydrogen) atoms. The molecule has 4 rings (SSSR count). The number of carbonyl (C=O) groups is 3. The Morgan fingerprint density at radius 3 is 2.45 bits per heavy atom. The summed E-state index contributed by atoms with van der Waals surface area (Å²) in [5.74, 6) is 0.134. The van der Waals surface area contributed by atoms with Gasteiger partial charge in [-0.25, -0.2) is 4.79 Å². The minimum atomic E-state index is -0.409. The monoisotopic (exact) mass is 582 g/mol. The number of ether oxygens (including phenoxy) is 3. The number of carbonyl (C=O) groups excluding carboxylic acids is 3. The molecular weight excluding hydrogens is 548 g/mol. The number of fused-ring (bicyclic) bond motifs is 1. The molecule has 0 saturated heterocycles. The zero-order valence-corrected chi connectivity index (χ0v) is 24.8. The van der Waals surface area contributed by atoms with E-state index in [-0.39, 0.29) is 11.8 Å². The van der Waals surface area contributed by atoms with Gasteiger partial charge in [0, 0.05) is 21.0 Å². The summed E-state index contributed by atoms with van der Waals surface area (Å²) in [6.07, 6.45) is 5.54. The van der Waals surface area contributed by atoms with Crippen molar-refractivity contribution in [3.05, 3.63) is 64.0 Å². The van der Waals surface area contributed by atoms with Crippen LogP contribution in [-0.2, 0) is 22.4 Å². The van der Waals surface area contributed by atoms with Crippen LogP contribution in [0.15, 0.2) is 47.4 Å². The molecule has 2 N–H and O–H groups in total. The smallest absolute Gasteiger partial charge is 0.341 e. The van der Waals surface area contributed by atoms with Crippen molar-refractivity contribution >= 4 is 51.6 Å². The van der Waals surface area contributed by atoms with Crippen molar-refractivity contribution in [2.75, 3.05) is 32.0 Å². The minimum absolute atomic E-state index is 0.172. The molecule has 10 heteroatoms. The van der Waals surface area contributed by atoms with E-state index in [9.17, 15) is 14.4 Å². The Morgan fingerprint density at radius 2 is 1.73 bits per heavy atom. The molecule has 1 heterocycles. The molecule has 1 aromatic heterocycles. The van der Waals surface area contributed by atoms with Crippen LogP contribution in [0.5, 0.6) is 11.5 Å². The van der Waals surface area contributed by atoms with Crippen LogP contribution in [0, 0.1) is 0 Å². The third-order valence-corrected chi connectivity index (χ3v) is 9.29. The van der Waals surface area contributed by atoms with Crippen molar-refractivity contribution in [1.29, 1.82) is 0 Å². The number of methoxy groups -OCH3 is 3. The number of nitrogens with one attached hydrogen (secondary N) is 2. The van der Waals surface area contributed by atoms with Gasteiger partial charge in [-0.05, 0) is 74.1 Å². The lowest BCUT2D eigenvalue weighted by molar-refractivity contribution is -0.115. The van der Waals surface area contributed by atoms with Crippen molar-refractivity contribution in [2.45, 2.75) is 55.6 Å². The molecule has 1 aliphatic carbocycles. The summed E-state index contributed by atoms with van der Waals surface area (Å²) in [6.45, 7) is 1.95. The minimum Gasteiger partial charge on any atom is -0.493 e. The number of hydrogen-bond donors (Lipinski definition) is 2. The Labute approximate surface area is 242 Å². The third-order valence-electron chi connectivity index (χ3n) is 6.73. The highest BCUT2D eigenvalue weighted by Crippen LogP contribution is 2.39. The highest BCUT2D eigenvalue weighted by Gasteiger charge is 2.28. The molecule has 0 aliphatic heterocycles. The summed E-state index contributed by atoms with van der Waals surface area (Å²) in [7, 11) is 4.43. The van der Waals surface area contributed by atoms with E-state index in [0.29, 0.717) is 39.7 Å². The lowest BCUT2D eigenvalue weighted by Crippen LogP contribution is -2.25. The molecule has 212 valence electrons. The first-order valence-electron chi connectivity index (χ1n) is 13.2. The van der Waals surface area contributed by atoms with Gasteiger partial charge in [-0.1, -0.05) is 19.4 Å². The number of benzene rings is 2. The number of esters is 1. The summed E-state index contributed by atoms with van der Waals surface area (Å²) in [4.78, 5) is 40.9. The van der Waals surface area contributed by atoms with E-state index in [1.54, 1.807) is 24.3 Å². The molecule has 2 amide bonds. The Morgan fingerprint density at radius 1 is 0.950 bits per heavy atom. The number of thiophene rings is 1. The van der Waals surface area contributed by atoms with Crippen molar-refractivity contribution < 1.29 is 28.6 Å². The zero-order chi connectivity index (χ0) is 28.6. The Balaban J connectivity index is 1.47. The number of thioether (sulfide) groups is 1. The molecule has 1 aliphatic rings. The van der Waals surface area contributed by atoms with Gasteiger partial charge in [0.15, 0.2) is 11.5 Å². The van der Waals surface area contributed by atoms with Crippen molar-refractivity contribution in [1.82, 2.24) is 0 Å². The van der Waals surface area contributed by atoms with E-state index in [0.717, 1.165) is 47.4 Å². The van der Waals surface area contributed by atoms with Crippen LogP contribution in [0.4, 0.5) is 10.7 Å². The molecule has 0 fully saturated rings. The summed E-state index contributed by atoms with van der Waals surface area (Å²) < 4.78 is 15.6. The maximum Gasteiger partial charge on any atom is 0.341 e. The molecule has 2 aromatic carbocycles. The first-order chi connectivity index (χ1) is 19.4. The molecule has 1 atom stereocenters. The van der Waals surface area contributed by atoms with Gasteiger partial charge >= 0.3 is 5.97 Å². The number of hydrogen-bond acceptors (Lipinski definition) is 8. The summed E-state index contributed by atoms with van der Waals surface area (Å²) in [5.41, 5.74) is 2.55. The average molecular weight is 583 g/mol. The normalized spacial score (nSPS) is 13.4. The lowest BCUT2D eigenvalue weighted by atomic mass is 10.1. The van der Waals surface area contributed by atoms with Crippen LogP contribution >= 0.6 is 23.1 Å². The van der Waals surface area contributed by atoms with Gasteiger partial charge in [-0.3, -0.25) is 9.59 Å². The first-order valence-corrected chi connectivity index (χ1v) is 14.9. The van der Waals surface area contributed by atoms with E-state index in [2.05, 4.69) is 10.6 Å². The summed E-state index contributed by atoms with van der Waals surface area (Å²) >= 11 is 2.90. The molecule has 0 saturated carbocycles. The first kappa shape index (κ1) is 29.5. The van der Waals surface area contributed by atoms with Gasteiger partial charge in [0.05, 0.1) is 32.1 Å². The second-order valence-electron chi connectivity index (χ2n) is 9.32. The maximum atomic E-state index is 13.4. The molecule has 0 bridgehead atoms. The van der Waals surface area contributed by atoms with Crippen LogP contribution in [0.1, 0.15) is 63.8 Å². The van der Waals surface area contributed by atoms with E-state index in [4.69, 9.17) is 14.2 Å². The average Bonchev–Trinajstić information content (AvgIpc) is 3.14. The van der Waals surface area contributed by atoms with E-state index < -0.39 is 11.2 Å². The number of amides is 2.